The van der Waals surface area contributed by atoms with E-state index in [2.05, 4.69) is 54.6 Å². The minimum atomic E-state index is 0.0713. The molecule has 1 heterocycles. The Morgan fingerprint density at radius 1 is 0.789 bits per heavy atom. The van der Waals surface area contributed by atoms with Gasteiger partial charge < -0.3 is 4.74 Å². The van der Waals surface area contributed by atoms with E-state index >= 15 is 0 Å². The Balaban J connectivity index is 1.73. The highest BCUT2D eigenvalue weighted by molar-refractivity contribution is 7.99. The van der Waals surface area contributed by atoms with E-state index in [1.807, 2.05) is 12.1 Å². The first kappa shape index (κ1) is 10.9. The van der Waals surface area contributed by atoms with Crippen LogP contribution in [0, 0.1) is 0 Å². The Morgan fingerprint density at radius 3 is 2.47 bits per heavy atom. The summed E-state index contributed by atoms with van der Waals surface area (Å²) < 4.78 is 6.00. The number of para-hydroxylation sites is 1. The van der Waals surface area contributed by atoms with Crippen LogP contribution in [0.2, 0.25) is 0 Å². The highest BCUT2D eigenvalue weighted by Crippen LogP contribution is 2.48. The molecule has 2 heteroatoms. The molecule has 0 radical (unpaired) electrons. The Bertz CT molecular complexity index is 726. The van der Waals surface area contributed by atoms with Gasteiger partial charge in [-0.05, 0) is 29.0 Å². The lowest BCUT2D eigenvalue weighted by atomic mass is 10.1. The molecule has 3 aromatic rings. The smallest absolute Gasteiger partial charge is 0.174 e. The fourth-order valence-electron chi connectivity index (χ4n) is 2.39. The van der Waals surface area contributed by atoms with Crippen molar-refractivity contribution in [3.63, 3.8) is 0 Å². The molecule has 0 amide bonds. The van der Waals surface area contributed by atoms with Crippen molar-refractivity contribution >= 4 is 22.5 Å². The minimum absolute atomic E-state index is 0.0713. The number of ether oxygens (including phenoxy) is 1. The molecular weight excluding hydrogens is 252 g/mol. The van der Waals surface area contributed by atoms with E-state index in [1.54, 1.807) is 11.8 Å². The van der Waals surface area contributed by atoms with Crippen LogP contribution in [0.4, 0.5) is 0 Å². The van der Waals surface area contributed by atoms with Crippen molar-refractivity contribution in [2.45, 2.75) is 10.3 Å². The molecule has 4 rings (SSSR count). The molecule has 0 fully saturated rings. The summed E-state index contributed by atoms with van der Waals surface area (Å²) in [7, 11) is 0. The molecular formula is C17H12OS. The second-order valence-electron chi connectivity index (χ2n) is 4.62. The highest BCUT2D eigenvalue weighted by atomic mass is 32.2. The van der Waals surface area contributed by atoms with Gasteiger partial charge in [0.25, 0.3) is 0 Å². The van der Waals surface area contributed by atoms with E-state index < -0.39 is 0 Å². The lowest BCUT2D eigenvalue weighted by Gasteiger charge is -2.11. The third-order valence-electron chi connectivity index (χ3n) is 3.36. The van der Waals surface area contributed by atoms with Gasteiger partial charge in [0, 0.05) is 5.56 Å². The molecule has 0 saturated carbocycles. The van der Waals surface area contributed by atoms with E-state index in [0.717, 1.165) is 5.75 Å². The summed E-state index contributed by atoms with van der Waals surface area (Å²) in [6.07, 6.45) is 0. The van der Waals surface area contributed by atoms with Crippen LogP contribution in [-0.4, -0.2) is 0 Å². The van der Waals surface area contributed by atoms with Crippen molar-refractivity contribution in [1.82, 2.24) is 0 Å². The first-order valence-corrected chi connectivity index (χ1v) is 7.19. The molecule has 0 saturated heterocycles. The second kappa shape index (κ2) is 4.32. The van der Waals surface area contributed by atoms with Crippen molar-refractivity contribution in [2.75, 3.05) is 0 Å². The summed E-state index contributed by atoms with van der Waals surface area (Å²) >= 11 is 1.78. The molecule has 0 bridgehead atoms. The molecule has 92 valence electrons. The molecule has 1 atom stereocenters. The van der Waals surface area contributed by atoms with Crippen LogP contribution in [0.1, 0.15) is 11.0 Å². The number of thioether (sulfide) groups is 1. The third-order valence-corrected chi connectivity index (χ3v) is 4.54. The summed E-state index contributed by atoms with van der Waals surface area (Å²) in [6.45, 7) is 0. The fraction of sp³-hybridized carbons (Fsp3) is 0.0588. The van der Waals surface area contributed by atoms with E-state index in [1.165, 1.54) is 21.2 Å². The number of hydrogen-bond acceptors (Lipinski definition) is 2. The highest BCUT2D eigenvalue weighted by Gasteiger charge is 2.24. The lowest BCUT2D eigenvalue weighted by molar-refractivity contribution is 0.302. The molecule has 0 aliphatic carbocycles. The van der Waals surface area contributed by atoms with E-state index in [-0.39, 0.29) is 5.44 Å². The van der Waals surface area contributed by atoms with Crippen molar-refractivity contribution in [3.8, 4) is 5.75 Å². The number of fused-ring (bicyclic) bond motifs is 2. The summed E-state index contributed by atoms with van der Waals surface area (Å²) in [5.74, 6) is 0.991. The Kier molecular flexibility index (Phi) is 2.49. The number of rotatable bonds is 1. The van der Waals surface area contributed by atoms with Gasteiger partial charge >= 0.3 is 0 Å². The Morgan fingerprint density at radius 2 is 1.58 bits per heavy atom. The second-order valence-corrected chi connectivity index (χ2v) is 5.72. The normalized spacial score (nSPS) is 17.2. The van der Waals surface area contributed by atoms with Crippen LogP contribution in [-0.2, 0) is 0 Å². The molecule has 19 heavy (non-hydrogen) atoms. The quantitative estimate of drug-likeness (QED) is 0.610. The molecule has 1 unspecified atom stereocenters. The van der Waals surface area contributed by atoms with Gasteiger partial charge in [-0.2, -0.15) is 0 Å². The van der Waals surface area contributed by atoms with Gasteiger partial charge in [0.15, 0.2) is 5.44 Å². The molecule has 3 aromatic carbocycles. The average molecular weight is 264 g/mol. The summed E-state index contributed by atoms with van der Waals surface area (Å²) in [6, 6.07) is 23.2. The largest absolute Gasteiger partial charge is 0.473 e. The van der Waals surface area contributed by atoms with Gasteiger partial charge in [-0.15, -0.1) is 0 Å². The van der Waals surface area contributed by atoms with Crippen LogP contribution in [0.5, 0.6) is 5.75 Å². The van der Waals surface area contributed by atoms with Gasteiger partial charge in [0.05, 0.1) is 4.90 Å². The van der Waals surface area contributed by atoms with Crippen LogP contribution in [0.3, 0.4) is 0 Å². The molecule has 1 aliphatic heterocycles. The predicted molar refractivity (Wildman–Crippen MR) is 79.6 cm³/mol. The van der Waals surface area contributed by atoms with Gasteiger partial charge in [0.1, 0.15) is 5.75 Å². The molecule has 0 aromatic heterocycles. The zero-order valence-electron chi connectivity index (χ0n) is 10.2. The monoisotopic (exact) mass is 264 g/mol. The van der Waals surface area contributed by atoms with Crippen LogP contribution < -0.4 is 4.74 Å². The molecule has 0 N–H and O–H groups in total. The van der Waals surface area contributed by atoms with Crippen molar-refractivity contribution in [2.24, 2.45) is 0 Å². The van der Waals surface area contributed by atoms with Crippen molar-refractivity contribution in [1.29, 1.82) is 0 Å². The van der Waals surface area contributed by atoms with Crippen molar-refractivity contribution in [3.05, 3.63) is 72.3 Å². The first-order valence-electron chi connectivity index (χ1n) is 6.31. The maximum atomic E-state index is 6.00. The van der Waals surface area contributed by atoms with E-state index in [9.17, 15) is 0 Å². The SMILES string of the molecule is c1ccc2c(c1)OC(c1ccc3ccccc3c1)S2. The van der Waals surface area contributed by atoms with Crippen molar-refractivity contribution < 1.29 is 4.74 Å². The molecule has 0 spiro atoms. The summed E-state index contributed by atoms with van der Waals surface area (Å²) in [5, 5.41) is 2.53. The van der Waals surface area contributed by atoms with Crippen LogP contribution >= 0.6 is 11.8 Å². The summed E-state index contributed by atoms with van der Waals surface area (Å²) in [5.41, 5.74) is 1.29. The molecule has 1 nitrogen and oxygen atoms in total. The maximum Gasteiger partial charge on any atom is 0.174 e. The Labute approximate surface area is 116 Å². The minimum Gasteiger partial charge on any atom is -0.473 e. The van der Waals surface area contributed by atoms with Crippen LogP contribution in [0.15, 0.2) is 71.6 Å². The zero-order chi connectivity index (χ0) is 12.7. The standard InChI is InChI=1S/C17H12OS/c1-2-6-13-11-14(10-9-12(13)5-1)17-18-15-7-3-4-8-16(15)19-17/h1-11,17H. The third kappa shape index (κ3) is 1.89. The van der Waals surface area contributed by atoms with Gasteiger partial charge in [-0.1, -0.05) is 60.3 Å². The topological polar surface area (TPSA) is 9.23 Å². The lowest BCUT2D eigenvalue weighted by Crippen LogP contribution is -1.97. The van der Waals surface area contributed by atoms with Gasteiger partial charge in [0.2, 0.25) is 0 Å². The Hall–Kier alpha value is -1.93. The number of benzene rings is 3. The van der Waals surface area contributed by atoms with Gasteiger partial charge in [-0.3, -0.25) is 0 Å². The van der Waals surface area contributed by atoms with E-state index in [0.29, 0.717) is 0 Å². The van der Waals surface area contributed by atoms with Gasteiger partial charge in [-0.25, -0.2) is 0 Å². The zero-order valence-corrected chi connectivity index (χ0v) is 11.1. The molecule has 1 aliphatic rings. The van der Waals surface area contributed by atoms with Crippen LogP contribution in [0.25, 0.3) is 10.8 Å². The van der Waals surface area contributed by atoms with E-state index in [4.69, 9.17) is 4.74 Å². The fourth-order valence-corrected chi connectivity index (χ4v) is 3.44. The number of hydrogen-bond donors (Lipinski definition) is 0. The first-order chi connectivity index (χ1) is 9.40. The predicted octanol–water partition coefficient (Wildman–Crippen LogP) is 5.02. The summed E-state index contributed by atoms with van der Waals surface area (Å²) in [4.78, 5) is 1.22. The maximum absolute atomic E-state index is 6.00. The average Bonchev–Trinajstić information content (AvgIpc) is 2.90.